The fourth-order valence-electron chi connectivity index (χ4n) is 2.72. The predicted octanol–water partition coefficient (Wildman–Crippen LogP) is 4.45. The molecule has 0 radical (unpaired) electrons. The van der Waals surface area contributed by atoms with Crippen molar-refractivity contribution in [3.8, 4) is 0 Å². The van der Waals surface area contributed by atoms with Crippen molar-refractivity contribution in [2.75, 3.05) is 20.1 Å². The summed E-state index contributed by atoms with van der Waals surface area (Å²) < 4.78 is 0.957. The van der Waals surface area contributed by atoms with Gasteiger partial charge in [-0.15, -0.1) is 23.7 Å². The zero-order valence-electron chi connectivity index (χ0n) is 12.1. The van der Waals surface area contributed by atoms with Gasteiger partial charge in [0, 0.05) is 34.2 Å². The number of carbonyl (C=O) groups is 1. The number of hydrogen-bond donors (Lipinski definition) is 1. The summed E-state index contributed by atoms with van der Waals surface area (Å²) in [7, 11) is 1.94. The zero-order chi connectivity index (χ0) is 15.0. The number of piperidine rings is 1. The van der Waals surface area contributed by atoms with E-state index in [0.717, 1.165) is 36.0 Å². The summed E-state index contributed by atoms with van der Waals surface area (Å²) in [6.07, 6.45) is 2.13. The molecule has 2 aromatic rings. The van der Waals surface area contributed by atoms with Crippen LogP contribution in [-0.2, 0) is 0 Å². The molecule has 1 N–H and O–H groups in total. The van der Waals surface area contributed by atoms with Crippen LogP contribution in [-0.4, -0.2) is 37.0 Å². The molecule has 1 aromatic carbocycles. The number of likely N-dealkylation sites (N-methyl/N-ethyl adjacent to an activating group) is 1. The Bertz CT molecular complexity index is 689. The van der Waals surface area contributed by atoms with Crippen LogP contribution in [0.1, 0.15) is 22.5 Å². The molecule has 22 heavy (non-hydrogen) atoms. The van der Waals surface area contributed by atoms with Crippen molar-refractivity contribution in [3.05, 3.63) is 33.1 Å². The molecule has 1 fully saturated rings. The van der Waals surface area contributed by atoms with Crippen LogP contribution in [0.4, 0.5) is 0 Å². The van der Waals surface area contributed by atoms with E-state index in [-0.39, 0.29) is 18.3 Å². The third kappa shape index (κ3) is 3.36. The maximum absolute atomic E-state index is 12.7. The second-order valence-corrected chi connectivity index (χ2v) is 7.13. The highest BCUT2D eigenvalue weighted by Gasteiger charge is 2.27. The van der Waals surface area contributed by atoms with Crippen LogP contribution in [0.3, 0.4) is 0 Å². The largest absolute Gasteiger partial charge is 0.336 e. The highest BCUT2D eigenvalue weighted by Crippen LogP contribution is 2.37. The summed E-state index contributed by atoms with van der Waals surface area (Å²) in [6, 6.07) is 5.90. The van der Waals surface area contributed by atoms with Gasteiger partial charge in [-0.05, 0) is 32.0 Å². The molecule has 1 aromatic heterocycles. The number of likely N-dealkylation sites (tertiary alicyclic amines) is 1. The zero-order valence-corrected chi connectivity index (χ0v) is 15.2. The fraction of sp³-hybridized carbons (Fsp3) is 0.400. The SMILES string of the molecule is CNC1CCCN(C(=O)c2sc3cc(Cl)ccc3c2Cl)C1.Cl. The minimum atomic E-state index is 0. The molecule has 1 aliphatic rings. The molecule has 1 aliphatic heterocycles. The lowest BCUT2D eigenvalue weighted by atomic mass is 10.1. The molecule has 3 nitrogen and oxygen atoms in total. The molecule has 0 spiro atoms. The van der Waals surface area contributed by atoms with Crippen LogP contribution in [0.25, 0.3) is 10.1 Å². The number of halogens is 3. The van der Waals surface area contributed by atoms with Crippen LogP contribution in [0.2, 0.25) is 10.0 Å². The molecule has 1 atom stereocenters. The number of fused-ring (bicyclic) bond motifs is 1. The van der Waals surface area contributed by atoms with Gasteiger partial charge in [-0.2, -0.15) is 0 Å². The summed E-state index contributed by atoms with van der Waals surface area (Å²) >= 11 is 13.8. The molecule has 1 unspecified atom stereocenters. The van der Waals surface area contributed by atoms with Crippen LogP contribution >= 0.6 is 46.9 Å². The summed E-state index contributed by atoms with van der Waals surface area (Å²) in [4.78, 5) is 15.2. The van der Waals surface area contributed by atoms with E-state index in [4.69, 9.17) is 23.2 Å². The number of thiophene rings is 1. The van der Waals surface area contributed by atoms with Gasteiger partial charge in [-0.3, -0.25) is 4.79 Å². The van der Waals surface area contributed by atoms with E-state index in [0.29, 0.717) is 21.0 Å². The molecule has 0 bridgehead atoms. The van der Waals surface area contributed by atoms with E-state index in [1.807, 2.05) is 24.1 Å². The monoisotopic (exact) mass is 378 g/mol. The molecule has 3 rings (SSSR count). The summed E-state index contributed by atoms with van der Waals surface area (Å²) in [5.74, 6) is 0.0253. The fourth-order valence-corrected chi connectivity index (χ4v) is 4.47. The Morgan fingerprint density at radius 2 is 2.18 bits per heavy atom. The maximum atomic E-state index is 12.7. The molecule has 0 saturated carbocycles. The first-order valence-corrected chi connectivity index (χ1v) is 8.51. The van der Waals surface area contributed by atoms with Gasteiger partial charge >= 0.3 is 0 Å². The minimum absolute atomic E-state index is 0. The van der Waals surface area contributed by atoms with Gasteiger partial charge in [-0.1, -0.05) is 29.3 Å². The van der Waals surface area contributed by atoms with E-state index < -0.39 is 0 Å². The molecular weight excluding hydrogens is 363 g/mol. The Kier molecular flexibility index (Phi) is 5.97. The normalized spacial score (nSPS) is 18.3. The van der Waals surface area contributed by atoms with Crippen molar-refractivity contribution < 1.29 is 4.79 Å². The van der Waals surface area contributed by atoms with Crippen LogP contribution in [0.15, 0.2) is 18.2 Å². The Labute approximate surface area is 150 Å². The first-order chi connectivity index (χ1) is 10.1. The molecule has 1 saturated heterocycles. The van der Waals surface area contributed by atoms with Crippen molar-refractivity contribution in [2.24, 2.45) is 0 Å². The summed E-state index contributed by atoms with van der Waals surface area (Å²) in [5, 5.41) is 5.35. The van der Waals surface area contributed by atoms with Gasteiger partial charge in [-0.25, -0.2) is 0 Å². The standard InChI is InChI=1S/C15H16Cl2N2OS.ClH/c1-18-10-3-2-6-19(8-10)15(20)14-13(17)11-5-4-9(16)7-12(11)21-14;/h4-5,7,10,18H,2-3,6,8H2,1H3;1H. The number of nitrogens with zero attached hydrogens (tertiary/aromatic N) is 1. The van der Waals surface area contributed by atoms with Gasteiger partial charge < -0.3 is 10.2 Å². The van der Waals surface area contributed by atoms with Crippen molar-refractivity contribution in [2.45, 2.75) is 18.9 Å². The van der Waals surface area contributed by atoms with E-state index in [1.165, 1.54) is 11.3 Å². The third-order valence-electron chi connectivity index (χ3n) is 3.90. The Morgan fingerprint density at radius 1 is 1.41 bits per heavy atom. The van der Waals surface area contributed by atoms with Crippen LogP contribution in [0.5, 0.6) is 0 Å². The number of benzene rings is 1. The Morgan fingerprint density at radius 3 is 2.91 bits per heavy atom. The number of amides is 1. The van der Waals surface area contributed by atoms with E-state index in [9.17, 15) is 4.79 Å². The molecular formula is C15H17Cl3N2OS. The van der Waals surface area contributed by atoms with Crippen LogP contribution < -0.4 is 5.32 Å². The lowest BCUT2D eigenvalue weighted by Crippen LogP contribution is -2.46. The van der Waals surface area contributed by atoms with Crippen LogP contribution in [0, 0.1) is 0 Å². The highest BCUT2D eigenvalue weighted by molar-refractivity contribution is 7.21. The first-order valence-electron chi connectivity index (χ1n) is 6.94. The van der Waals surface area contributed by atoms with Crippen molar-refractivity contribution in [3.63, 3.8) is 0 Å². The third-order valence-corrected chi connectivity index (χ3v) is 5.78. The Balaban J connectivity index is 0.00000176. The topological polar surface area (TPSA) is 32.3 Å². The Hall–Kier alpha value is -0.520. The smallest absolute Gasteiger partial charge is 0.265 e. The highest BCUT2D eigenvalue weighted by atomic mass is 35.5. The van der Waals surface area contributed by atoms with Gasteiger partial charge in [0.1, 0.15) is 4.88 Å². The summed E-state index contributed by atoms with van der Waals surface area (Å²) in [5.41, 5.74) is 0. The van der Waals surface area contributed by atoms with Crippen molar-refractivity contribution in [1.82, 2.24) is 10.2 Å². The van der Waals surface area contributed by atoms with Gasteiger partial charge in [0.05, 0.1) is 5.02 Å². The molecule has 0 aliphatic carbocycles. The number of rotatable bonds is 2. The molecule has 120 valence electrons. The number of nitrogens with one attached hydrogen (secondary N) is 1. The molecule has 7 heteroatoms. The van der Waals surface area contributed by atoms with Crippen molar-refractivity contribution >= 4 is 62.9 Å². The van der Waals surface area contributed by atoms with E-state index in [2.05, 4.69) is 5.32 Å². The second-order valence-electron chi connectivity index (χ2n) is 5.26. The van der Waals surface area contributed by atoms with Gasteiger partial charge in [0.2, 0.25) is 0 Å². The second kappa shape index (κ2) is 7.37. The maximum Gasteiger partial charge on any atom is 0.265 e. The lowest BCUT2D eigenvalue weighted by Gasteiger charge is -2.32. The summed E-state index contributed by atoms with van der Waals surface area (Å²) in [6.45, 7) is 1.53. The minimum Gasteiger partial charge on any atom is -0.336 e. The first kappa shape index (κ1) is 17.8. The number of carbonyl (C=O) groups excluding carboxylic acids is 1. The average Bonchev–Trinajstić information content (AvgIpc) is 2.83. The van der Waals surface area contributed by atoms with Gasteiger partial charge in [0.25, 0.3) is 5.91 Å². The van der Waals surface area contributed by atoms with E-state index in [1.54, 1.807) is 6.07 Å². The average molecular weight is 380 g/mol. The number of hydrogen-bond acceptors (Lipinski definition) is 3. The quantitative estimate of drug-likeness (QED) is 0.836. The van der Waals surface area contributed by atoms with Gasteiger partial charge in [0.15, 0.2) is 0 Å². The lowest BCUT2D eigenvalue weighted by molar-refractivity contribution is 0.0703. The molecule has 2 heterocycles. The molecule has 1 amide bonds. The van der Waals surface area contributed by atoms with Crippen molar-refractivity contribution in [1.29, 1.82) is 0 Å². The predicted molar refractivity (Wildman–Crippen MR) is 97.1 cm³/mol. The van der Waals surface area contributed by atoms with E-state index >= 15 is 0 Å².